The lowest BCUT2D eigenvalue weighted by atomic mass is 10.00. The Morgan fingerprint density at radius 3 is 2.46 bits per heavy atom. The number of nitrogens with one attached hydrogen (secondary N) is 1. The number of benzene rings is 2. The van der Waals surface area contributed by atoms with Crippen LogP contribution in [0.15, 0.2) is 53.4 Å². The van der Waals surface area contributed by atoms with E-state index in [0.29, 0.717) is 31.5 Å². The second-order valence-corrected chi connectivity index (χ2v) is 11.7. The van der Waals surface area contributed by atoms with E-state index in [2.05, 4.69) is 98.6 Å². The molecule has 206 valence electrons. The van der Waals surface area contributed by atoms with Gasteiger partial charge in [-0.3, -0.25) is 4.72 Å². The molecule has 2 aliphatic heterocycles. The number of amides is 2. The van der Waals surface area contributed by atoms with E-state index in [9.17, 15) is 4.79 Å². The molecule has 3 aromatic rings. The van der Waals surface area contributed by atoms with Gasteiger partial charge in [-0.2, -0.15) is 4.98 Å². The number of fused-ring (bicyclic) bond motifs is 6. The number of aryl methyl sites for hydroxylation is 2. The second-order valence-electron chi connectivity index (χ2n) is 10.9. The van der Waals surface area contributed by atoms with Crippen LogP contribution in [-0.2, 0) is 0 Å². The molecule has 9 heteroatoms. The number of anilines is 2. The van der Waals surface area contributed by atoms with Gasteiger partial charge in [0.05, 0.1) is 11.7 Å². The van der Waals surface area contributed by atoms with Crippen molar-refractivity contribution in [2.45, 2.75) is 64.6 Å². The van der Waals surface area contributed by atoms with Crippen LogP contribution in [0.4, 0.5) is 16.4 Å². The predicted molar refractivity (Wildman–Crippen MR) is 159 cm³/mol. The van der Waals surface area contributed by atoms with E-state index in [1.54, 1.807) is 0 Å². The minimum absolute atomic E-state index is 0.0291. The smallest absolute Gasteiger partial charge is 0.320 e. The van der Waals surface area contributed by atoms with Crippen molar-refractivity contribution >= 4 is 29.6 Å². The minimum atomic E-state index is -0.0291. The summed E-state index contributed by atoms with van der Waals surface area (Å²) in [4.78, 5) is 30.5. The summed E-state index contributed by atoms with van der Waals surface area (Å²) in [6, 6.07) is 16.9. The van der Waals surface area contributed by atoms with Gasteiger partial charge in [0, 0.05) is 53.9 Å². The Bertz CT molecular complexity index is 1320. The van der Waals surface area contributed by atoms with Crippen LogP contribution in [-0.4, -0.2) is 70.2 Å². The van der Waals surface area contributed by atoms with E-state index in [-0.39, 0.29) is 24.2 Å². The molecule has 0 radical (unpaired) electrons. The molecule has 3 heterocycles. The van der Waals surface area contributed by atoms with E-state index in [1.165, 1.54) is 11.9 Å². The van der Waals surface area contributed by atoms with Crippen molar-refractivity contribution in [3.63, 3.8) is 0 Å². The van der Waals surface area contributed by atoms with Crippen LogP contribution in [0.5, 0.6) is 5.88 Å². The number of carbonyl (C=O) groups is 1. The van der Waals surface area contributed by atoms with Crippen molar-refractivity contribution in [3.05, 3.63) is 59.7 Å². The molecule has 1 unspecified atom stereocenters. The Labute approximate surface area is 235 Å². The van der Waals surface area contributed by atoms with E-state index in [1.807, 2.05) is 15.9 Å². The summed E-state index contributed by atoms with van der Waals surface area (Å²) in [5.74, 6) is 1.02. The number of hydrogen-bond acceptors (Lipinski definition) is 7. The van der Waals surface area contributed by atoms with Gasteiger partial charge in [-0.15, -0.1) is 0 Å². The molecule has 0 saturated carbocycles. The average molecular weight is 547 g/mol. The third-order valence-corrected chi connectivity index (χ3v) is 8.13. The number of ether oxygens (including phenoxy) is 1. The van der Waals surface area contributed by atoms with Gasteiger partial charge in [0.2, 0.25) is 11.8 Å². The highest BCUT2D eigenvalue weighted by molar-refractivity contribution is 8.00. The van der Waals surface area contributed by atoms with Crippen LogP contribution >= 0.6 is 11.9 Å². The number of nitrogens with zero attached hydrogens (tertiary/aromatic N) is 5. The van der Waals surface area contributed by atoms with Crippen LogP contribution in [0, 0.1) is 13.8 Å². The average Bonchev–Trinajstić information content (AvgIpc) is 2.90. The fourth-order valence-corrected chi connectivity index (χ4v) is 6.24. The molecule has 0 aliphatic carbocycles. The Hall–Kier alpha value is -3.46. The molecule has 1 aromatic heterocycles. The normalized spacial score (nSPS) is 17.1. The maximum Gasteiger partial charge on any atom is 0.320 e. The largest absolute Gasteiger partial charge is 0.475 e. The highest BCUT2D eigenvalue weighted by Gasteiger charge is 2.34. The summed E-state index contributed by atoms with van der Waals surface area (Å²) in [7, 11) is 0. The molecule has 1 saturated heterocycles. The first kappa shape index (κ1) is 27.1. The summed E-state index contributed by atoms with van der Waals surface area (Å²) in [6.07, 6.45) is 0. The van der Waals surface area contributed by atoms with Gasteiger partial charge in [-0.25, -0.2) is 9.78 Å². The Balaban J connectivity index is 1.49. The van der Waals surface area contributed by atoms with Gasteiger partial charge in [0.25, 0.3) is 0 Å². The highest BCUT2D eigenvalue weighted by atomic mass is 32.2. The number of piperazine rings is 1. The number of rotatable bonds is 3. The van der Waals surface area contributed by atoms with Gasteiger partial charge in [0.15, 0.2) is 0 Å². The third-order valence-electron chi connectivity index (χ3n) is 7.36. The number of hydrogen-bond donors (Lipinski definition) is 1. The lowest BCUT2D eigenvalue weighted by molar-refractivity contribution is 0.111. The topological polar surface area (TPSA) is 73.8 Å². The standard InChI is InChI=1S/C30H38N6O2S/c1-19(2)36(20(3)4)30(37)34-13-14-35-23-11-8-12-25(15-23)39-33-29-31-26(28-21(5)9-7-10-22(28)6)16-27(32-29)38-18-24(35)17-34/h7-12,15-16,19-20,24H,13-14,17-18H2,1-6H3,(H,31,32,33). The molecule has 2 amide bonds. The SMILES string of the molecule is Cc1cccc(C)c1-c1cc2nc(n1)NSc1cccc(c1)N1CCN(C(=O)N(C(C)C)C(C)C)CC1CO2. The maximum atomic E-state index is 13.6. The number of aromatic nitrogens is 2. The van der Waals surface area contributed by atoms with Crippen molar-refractivity contribution in [2.75, 3.05) is 35.9 Å². The van der Waals surface area contributed by atoms with E-state index < -0.39 is 0 Å². The van der Waals surface area contributed by atoms with Gasteiger partial charge in [0.1, 0.15) is 6.61 Å². The van der Waals surface area contributed by atoms with Gasteiger partial charge < -0.3 is 19.4 Å². The molecule has 2 aromatic carbocycles. The quantitative estimate of drug-likeness (QED) is 0.404. The van der Waals surface area contributed by atoms with E-state index in [0.717, 1.165) is 39.5 Å². The zero-order valence-electron chi connectivity index (χ0n) is 23.6. The summed E-state index contributed by atoms with van der Waals surface area (Å²) < 4.78 is 9.72. The fraction of sp³-hybridized carbons (Fsp3) is 0.433. The van der Waals surface area contributed by atoms with Gasteiger partial charge in [-0.1, -0.05) is 24.3 Å². The summed E-state index contributed by atoms with van der Waals surface area (Å²) in [6.45, 7) is 14.9. The molecule has 0 spiro atoms. The van der Waals surface area contributed by atoms with Crippen LogP contribution in [0.2, 0.25) is 0 Å². The Kier molecular flexibility index (Phi) is 7.88. The molecule has 1 fully saturated rings. The Morgan fingerprint density at radius 2 is 1.74 bits per heavy atom. The molecule has 5 rings (SSSR count). The number of urea groups is 1. The first-order valence-corrected chi connectivity index (χ1v) is 14.5. The first-order chi connectivity index (χ1) is 18.7. The summed E-state index contributed by atoms with van der Waals surface area (Å²) in [5.41, 5.74) is 5.34. The van der Waals surface area contributed by atoms with Crippen LogP contribution < -0.4 is 14.4 Å². The third kappa shape index (κ3) is 5.78. The summed E-state index contributed by atoms with van der Waals surface area (Å²) >= 11 is 1.49. The molecule has 4 bridgehead atoms. The fourth-order valence-electron chi connectivity index (χ4n) is 5.62. The molecular weight excluding hydrogens is 508 g/mol. The highest BCUT2D eigenvalue weighted by Crippen LogP contribution is 2.32. The van der Waals surface area contributed by atoms with Gasteiger partial charge in [-0.05, 0) is 82.8 Å². The molecule has 1 N–H and O–H groups in total. The van der Waals surface area contributed by atoms with Crippen molar-refractivity contribution in [1.29, 1.82) is 0 Å². The van der Waals surface area contributed by atoms with Crippen LogP contribution in [0.25, 0.3) is 11.3 Å². The second kappa shape index (κ2) is 11.3. The molecule has 2 aliphatic rings. The number of carbonyl (C=O) groups excluding carboxylic acids is 1. The van der Waals surface area contributed by atoms with Crippen LogP contribution in [0.3, 0.4) is 0 Å². The Morgan fingerprint density at radius 1 is 1.03 bits per heavy atom. The molecule has 8 nitrogen and oxygen atoms in total. The molecule has 39 heavy (non-hydrogen) atoms. The van der Waals surface area contributed by atoms with E-state index in [4.69, 9.17) is 9.72 Å². The lowest BCUT2D eigenvalue weighted by Crippen LogP contribution is -2.60. The van der Waals surface area contributed by atoms with Gasteiger partial charge >= 0.3 is 6.03 Å². The summed E-state index contributed by atoms with van der Waals surface area (Å²) in [5, 5.41) is 0. The first-order valence-electron chi connectivity index (χ1n) is 13.7. The maximum absolute atomic E-state index is 13.6. The predicted octanol–water partition coefficient (Wildman–Crippen LogP) is 6.00. The van der Waals surface area contributed by atoms with Crippen molar-refractivity contribution < 1.29 is 9.53 Å². The molecular formula is C30H38N6O2S. The zero-order valence-corrected chi connectivity index (χ0v) is 24.5. The lowest BCUT2D eigenvalue weighted by Gasteiger charge is -2.45. The molecule has 1 atom stereocenters. The van der Waals surface area contributed by atoms with Crippen molar-refractivity contribution in [2.24, 2.45) is 0 Å². The van der Waals surface area contributed by atoms with E-state index >= 15 is 0 Å². The van der Waals surface area contributed by atoms with Crippen LogP contribution in [0.1, 0.15) is 38.8 Å². The zero-order chi connectivity index (χ0) is 27.7. The minimum Gasteiger partial charge on any atom is -0.475 e. The monoisotopic (exact) mass is 546 g/mol. The van der Waals surface area contributed by atoms with Crippen molar-refractivity contribution in [1.82, 2.24) is 19.8 Å². The van der Waals surface area contributed by atoms with Crippen molar-refractivity contribution in [3.8, 4) is 17.1 Å².